The van der Waals surface area contributed by atoms with Gasteiger partial charge >= 0.3 is 11.9 Å². The van der Waals surface area contributed by atoms with Gasteiger partial charge in [0.25, 0.3) is 0 Å². The van der Waals surface area contributed by atoms with Crippen molar-refractivity contribution in [1.29, 1.82) is 0 Å². The maximum atomic E-state index is 11.8. The Balaban J connectivity index is 2.69. The van der Waals surface area contributed by atoms with E-state index in [-0.39, 0.29) is 13.2 Å². The molecule has 1 fully saturated rings. The van der Waals surface area contributed by atoms with E-state index >= 15 is 0 Å². The lowest BCUT2D eigenvalue weighted by Gasteiger charge is -2.31. The zero-order valence-electron chi connectivity index (χ0n) is 10.6. The molecule has 1 saturated heterocycles. The Morgan fingerprint density at radius 2 is 1.47 bits per heavy atom. The Kier molecular flexibility index (Phi) is 5.97. The number of carbonyl (C=O) groups excluding carboxylic acids is 2. The Morgan fingerprint density at radius 1 is 1.00 bits per heavy atom. The number of nitrogens with zero attached hydrogens (tertiary/aromatic N) is 1. The van der Waals surface area contributed by atoms with Gasteiger partial charge in [0, 0.05) is 0 Å². The number of carbonyl (C=O) groups is 2. The second kappa shape index (κ2) is 7.27. The van der Waals surface area contributed by atoms with Crippen molar-refractivity contribution in [2.24, 2.45) is 0 Å². The molecule has 5 heteroatoms. The molecule has 5 nitrogen and oxygen atoms in total. The summed E-state index contributed by atoms with van der Waals surface area (Å²) in [4.78, 5) is 25.4. The highest BCUT2D eigenvalue weighted by molar-refractivity contribution is 5.99. The minimum Gasteiger partial charge on any atom is -0.464 e. The second-order valence-electron chi connectivity index (χ2n) is 4.00. The van der Waals surface area contributed by atoms with Crippen LogP contribution in [-0.2, 0) is 19.1 Å². The highest BCUT2D eigenvalue weighted by Gasteiger charge is 2.35. The average molecular weight is 243 g/mol. The topological polar surface area (TPSA) is 55.8 Å². The highest BCUT2D eigenvalue weighted by Crippen LogP contribution is 2.14. The van der Waals surface area contributed by atoms with Crippen LogP contribution < -0.4 is 0 Å². The lowest BCUT2D eigenvalue weighted by atomic mass is 10.1. The molecule has 0 radical (unpaired) electrons. The van der Waals surface area contributed by atoms with Crippen molar-refractivity contribution in [3.05, 3.63) is 0 Å². The third-order valence-corrected chi connectivity index (χ3v) is 2.78. The molecule has 0 aromatic heterocycles. The summed E-state index contributed by atoms with van der Waals surface area (Å²) in [6.07, 6.45) is 3.17. The minimum absolute atomic E-state index is 0.280. The normalized spacial score (nSPS) is 16.9. The van der Waals surface area contributed by atoms with E-state index in [1.165, 1.54) is 0 Å². The fraction of sp³-hybridized carbons (Fsp3) is 0.833. The molecule has 1 heterocycles. The summed E-state index contributed by atoms with van der Waals surface area (Å²) < 4.78 is 9.89. The van der Waals surface area contributed by atoms with Gasteiger partial charge in [-0.3, -0.25) is 4.90 Å². The Hall–Kier alpha value is -1.10. The molecular weight excluding hydrogens is 222 g/mol. The van der Waals surface area contributed by atoms with Gasteiger partial charge in [-0.2, -0.15) is 0 Å². The van der Waals surface area contributed by atoms with Crippen molar-refractivity contribution in [3.8, 4) is 0 Å². The molecule has 0 unspecified atom stereocenters. The van der Waals surface area contributed by atoms with Crippen LogP contribution >= 0.6 is 0 Å². The molecule has 0 amide bonds. The first-order valence-corrected chi connectivity index (χ1v) is 6.28. The number of esters is 2. The first kappa shape index (κ1) is 14.0. The molecule has 0 N–H and O–H groups in total. The number of rotatable bonds is 5. The summed E-state index contributed by atoms with van der Waals surface area (Å²) in [6.45, 7) is 5.53. The first-order chi connectivity index (χ1) is 8.20. The number of hydrogen-bond acceptors (Lipinski definition) is 5. The van der Waals surface area contributed by atoms with Crippen molar-refractivity contribution in [3.63, 3.8) is 0 Å². The van der Waals surface area contributed by atoms with E-state index in [1.54, 1.807) is 13.8 Å². The molecule has 0 spiro atoms. The van der Waals surface area contributed by atoms with Gasteiger partial charge in [0.05, 0.1) is 13.2 Å². The van der Waals surface area contributed by atoms with Gasteiger partial charge in [0.15, 0.2) is 0 Å². The van der Waals surface area contributed by atoms with Gasteiger partial charge in [-0.1, -0.05) is 6.42 Å². The van der Waals surface area contributed by atoms with Crippen LogP contribution in [0, 0.1) is 0 Å². The number of ether oxygens (including phenoxy) is 2. The summed E-state index contributed by atoms with van der Waals surface area (Å²) in [5.41, 5.74) is 0. The molecule has 0 aliphatic carbocycles. The van der Waals surface area contributed by atoms with E-state index in [2.05, 4.69) is 0 Å². The second-order valence-corrected chi connectivity index (χ2v) is 4.00. The summed E-state index contributed by atoms with van der Waals surface area (Å²) in [7, 11) is 0. The fourth-order valence-electron chi connectivity index (χ4n) is 2.01. The van der Waals surface area contributed by atoms with E-state index < -0.39 is 18.0 Å². The van der Waals surface area contributed by atoms with Crippen LogP contribution in [0.4, 0.5) is 0 Å². The Labute approximate surface area is 102 Å². The van der Waals surface area contributed by atoms with E-state index in [0.717, 1.165) is 32.4 Å². The largest absolute Gasteiger partial charge is 0.464 e. The molecule has 0 bridgehead atoms. The smallest absolute Gasteiger partial charge is 0.335 e. The molecular formula is C12H21NO4. The zero-order valence-corrected chi connectivity index (χ0v) is 10.6. The molecule has 17 heavy (non-hydrogen) atoms. The monoisotopic (exact) mass is 243 g/mol. The summed E-state index contributed by atoms with van der Waals surface area (Å²) in [6, 6.07) is -0.879. The van der Waals surface area contributed by atoms with Crippen LogP contribution in [0.25, 0.3) is 0 Å². The van der Waals surface area contributed by atoms with E-state index in [9.17, 15) is 9.59 Å². The SMILES string of the molecule is CCOC(=O)C(C(=O)OCC)N1CCCCC1. The molecule has 1 aliphatic rings. The summed E-state index contributed by atoms with van der Waals surface area (Å²) in [5.74, 6) is -0.985. The zero-order chi connectivity index (χ0) is 12.7. The van der Waals surface area contributed by atoms with Crippen molar-refractivity contribution in [2.75, 3.05) is 26.3 Å². The maximum Gasteiger partial charge on any atom is 0.335 e. The van der Waals surface area contributed by atoms with E-state index in [4.69, 9.17) is 9.47 Å². The predicted octanol–water partition coefficient (Wildman–Crippen LogP) is 0.967. The van der Waals surface area contributed by atoms with Crippen LogP contribution in [0.1, 0.15) is 33.1 Å². The van der Waals surface area contributed by atoms with Gasteiger partial charge in [-0.25, -0.2) is 9.59 Å². The minimum atomic E-state index is -0.879. The molecule has 98 valence electrons. The molecule has 1 rings (SSSR count). The van der Waals surface area contributed by atoms with Crippen LogP contribution in [-0.4, -0.2) is 49.2 Å². The van der Waals surface area contributed by atoms with Crippen molar-refractivity contribution in [1.82, 2.24) is 4.90 Å². The van der Waals surface area contributed by atoms with E-state index in [0.29, 0.717) is 0 Å². The van der Waals surface area contributed by atoms with Crippen molar-refractivity contribution in [2.45, 2.75) is 39.2 Å². The molecule has 0 saturated carbocycles. The number of hydrogen-bond donors (Lipinski definition) is 0. The number of likely N-dealkylation sites (tertiary alicyclic amines) is 1. The molecule has 0 aromatic rings. The van der Waals surface area contributed by atoms with Crippen LogP contribution in [0.15, 0.2) is 0 Å². The van der Waals surface area contributed by atoms with Gasteiger partial charge in [-0.15, -0.1) is 0 Å². The van der Waals surface area contributed by atoms with Gasteiger partial charge in [0.1, 0.15) is 0 Å². The predicted molar refractivity (Wildman–Crippen MR) is 62.5 cm³/mol. The summed E-state index contributed by atoms with van der Waals surface area (Å²) in [5, 5.41) is 0. The quantitative estimate of drug-likeness (QED) is 0.532. The van der Waals surface area contributed by atoms with Crippen LogP contribution in [0.5, 0.6) is 0 Å². The fourth-order valence-corrected chi connectivity index (χ4v) is 2.01. The Bertz CT molecular complexity index is 243. The third-order valence-electron chi connectivity index (χ3n) is 2.78. The first-order valence-electron chi connectivity index (χ1n) is 6.28. The standard InChI is InChI=1S/C12H21NO4/c1-3-16-11(14)10(12(15)17-4-2)13-8-6-5-7-9-13/h10H,3-9H2,1-2H3. The molecule has 1 aliphatic heterocycles. The molecule has 0 aromatic carbocycles. The maximum absolute atomic E-state index is 11.8. The van der Waals surface area contributed by atoms with Crippen LogP contribution in [0.3, 0.4) is 0 Å². The lowest BCUT2D eigenvalue weighted by Crippen LogP contribution is -2.50. The number of piperidine rings is 1. The van der Waals surface area contributed by atoms with Crippen molar-refractivity contribution >= 4 is 11.9 Å². The Morgan fingerprint density at radius 3 is 1.88 bits per heavy atom. The van der Waals surface area contributed by atoms with Crippen molar-refractivity contribution < 1.29 is 19.1 Å². The third kappa shape index (κ3) is 4.00. The van der Waals surface area contributed by atoms with Gasteiger partial charge in [0.2, 0.25) is 6.04 Å². The van der Waals surface area contributed by atoms with E-state index in [1.807, 2.05) is 4.90 Å². The highest BCUT2D eigenvalue weighted by atomic mass is 16.6. The van der Waals surface area contributed by atoms with Gasteiger partial charge in [-0.05, 0) is 39.8 Å². The summed E-state index contributed by atoms with van der Waals surface area (Å²) >= 11 is 0. The average Bonchev–Trinajstić information content (AvgIpc) is 2.31. The van der Waals surface area contributed by atoms with Gasteiger partial charge < -0.3 is 9.47 Å². The van der Waals surface area contributed by atoms with Crippen LogP contribution in [0.2, 0.25) is 0 Å². The molecule has 0 atom stereocenters. The lowest BCUT2D eigenvalue weighted by molar-refractivity contribution is -0.164.